The van der Waals surface area contributed by atoms with Crippen molar-refractivity contribution < 1.29 is 10.9 Å². The van der Waals surface area contributed by atoms with E-state index in [0.717, 1.165) is 0 Å². The molecule has 0 aliphatic carbocycles. The van der Waals surface area contributed by atoms with Crippen LogP contribution in [-0.4, -0.2) is 49.7 Å². The molecule has 2 aliphatic heterocycles. The average molecular weight is 185 g/mol. The number of nitrogens with zero attached hydrogens (tertiary/aromatic N) is 1. The highest BCUT2D eigenvalue weighted by Gasteiger charge is 2.27. The van der Waals surface area contributed by atoms with Crippen LogP contribution in [-0.2, 0) is 9.53 Å². The highest BCUT2D eigenvalue weighted by atomic mass is 16.5. The Labute approximate surface area is 79.6 Å². The second-order valence-corrected chi connectivity index (χ2v) is 3.42. The van der Waals surface area contributed by atoms with Crippen molar-refractivity contribution in [3.8, 4) is 0 Å². The molecule has 0 spiro atoms. The first-order valence-corrected chi connectivity index (χ1v) is 4.79. The van der Waals surface area contributed by atoms with Gasteiger partial charge in [-0.3, -0.25) is 4.79 Å². The lowest BCUT2D eigenvalue weighted by molar-refractivity contribution is -0.137. The van der Waals surface area contributed by atoms with Crippen LogP contribution in [0.4, 0.5) is 0 Å². The molecule has 2 aliphatic rings. The third-order valence-electron chi connectivity index (χ3n) is 2.53. The molecule has 0 radical (unpaired) electrons. The number of amides is 1. The van der Waals surface area contributed by atoms with E-state index in [2.05, 4.69) is 5.32 Å². The van der Waals surface area contributed by atoms with E-state index in [4.69, 9.17) is 6.11 Å². The summed E-state index contributed by atoms with van der Waals surface area (Å²) in [5, 5.41) is 3.08. The van der Waals surface area contributed by atoms with Crippen molar-refractivity contribution in [3.05, 3.63) is 0 Å². The fourth-order valence-electron chi connectivity index (χ4n) is 1.75. The maximum atomic E-state index is 11.9. The monoisotopic (exact) mass is 185 g/mol. The molecule has 4 heteroatoms. The van der Waals surface area contributed by atoms with Crippen molar-refractivity contribution in [2.24, 2.45) is 0 Å². The Bertz CT molecular complexity index is 212. The molecule has 2 heterocycles. The first-order chi connectivity index (χ1) is 6.77. The largest absolute Gasteiger partial charge is 0.378 e. The lowest BCUT2D eigenvalue weighted by Gasteiger charge is -2.29. The van der Waals surface area contributed by atoms with Crippen LogP contribution in [0.3, 0.4) is 0 Å². The number of ether oxygens (including phenoxy) is 1. The minimum absolute atomic E-state index is 0.120. The number of hydrogen-bond donors (Lipinski definition) is 1. The second-order valence-electron chi connectivity index (χ2n) is 3.42. The molecule has 0 saturated carbocycles. The predicted octanol–water partition coefficient (Wildman–Crippen LogP) is -0.403. The molecular formula is C9H16N2O2. The van der Waals surface area contributed by atoms with E-state index < -0.39 is 0 Å². The van der Waals surface area contributed by atoms with E-state index in [-0.39, 0.29) is 18.3 Å². The number of carbonyl (C=O) groups excluding carboxylic acids is 1. The molecule has 0 bridgehead atoms. The summed E-state index contributed by atoms with van der Waals surface area (Å²) in [7, 11) is 0. The number of morpholine rings is 1. The summed E-state index contributed by atoms with van der Waals surface area (Å²) in [6.45, 7) is 3.31. The van der Waals surface area contributed by atoms with E-state index in [1.165, 1.54) is 0 Å². The molecule has 1 N–H and O–H groups in total. The van der Waals surface area contributed by atoms with E-state index >= 15 is 0 Å². The van der Waals surface area contributed by atoms with Gasteiger partial charge in [-0.05, 0) is 19.4 Å². The Morgan fingerprint density at radius 2 is 2.31 bits per heavy atom. The fourth-order valence-corrected chi connectivity index (χ4v) is 1.75. The molecule has 2 atom stereocenters. The van der Waals surface area contributed by atoms with Gasteiger partial charge in [0.2, 0.25) is 5.91 Å². The molecule has 0 aromatic carbocycles. The van der Waals surface area contributed by atoms with Crippen molar-refractivity contribution in [2.75, 3.05) is 32.8 Å². The van der Waals surface area contributed by atoms with Crippen LogP contribution >= 0.6 is 0 Å². The number of hydrogen-bond acceptors (Lipinski definition) is 3. The van der Waals surface area contributed by atoms with Crippen LogP contribution in [0.2, 0.25) is 0 Å². The van der Waals surface area contributed by atoms with Crippen molar-refractivity contribution in [3.63, 3.8) is 0 Å². The molecule has 1 amide bonds. The van der Waals surface area contributed by atoms with Crippen molar-refractivity contribution in [2.45, 2.75) is 18.9 Å². The second kappa shape index (κ2) is 4.07. The zero-order valence-corrected chi connectivity index (χ0v) is 7.66. The summed E-state index contributed by atoms with van der Waals surface area (Å²) >= 11 is 0. The maximum Gasteiger partial charge on any atom is 0.239 e. The van der Waals surface area contributed by atoms with Gasteiger partial charge in [-0.15, -0.1) is 0 Å². The zero-order valence-electron chi connectivity index (χ0n) is 8.66. The SMILES string of the molecule is [2H][C@@H]1CN[C@H](C(=O)N2CCOCC2)C1. The fraction of sp³-hybridized carbons (Fsp3) is 0.889. The van der Waals surface area contributed by atoms with Crippen LogP contribution in [0.25, 0.3) is 0 Å². The van der Waals surface area contributed by atoms with Gasteiger partial charge in [-0.1, -0.05) is 0 Å². The molecule has 2 fully saturated rings. The topological polar surface area (TPSA) is 41.6 Å². The van der Waals surface area contributed by atoms with Crippen LogP contribution in [0.1, 0.15) is 14.2 Å². The molecule has 0 aromatic rings. The van der Waals surface area contributed by atoms with Crippen LogP contribution in [0.5, 0.6) is 0 Å². The van der Waals surface area contributed by atoms with Gasteiger partial charge in [-0.2, -0.15) is 0 Å². The Balaban J connectivity index is 1.87. The summed E-state index contributed by atoms with van der Waals surface area (Å²) in [5.74, 6) is 0.142. The summed E-state index contributed by atoms with van der Waals surface area (Å²) < 4.78 is 12.7. The Hall–Kier alpha value is -0.610. The van der Waals surface area contributed by atoms with Gasteiger partial charge in [0, 0.05) is 14.5 Å². The van der Waals surface area contributed by atoms with Gasteiger partial charge in [0.05, 0.1) is 19.3 Å². The summed E-state index contributed by atoms with van der Waals surface area (Å²) in [6.07, 6.45) is 0.529. The molecule has 4 nitrogen and oxygen atoms in total. The molecular weight excluding hydrogens is 168 g/mol. The number of nitrogens with one attached hydrogen (secondary N) is 1. The van der Waals surface area contributed by atoms with Crippen LogP contribution < -0.4 is 5.32 Å². The van der Waals surface area contributed by atoms with Gasteiger partial charge in [0.25, 0.3) is 0 Å². The smallest absolute Gasteiger partial charge is 0.239 e. The van der Waals surface area contributed by atoms with Crippen LogP contribution in [0.15, 0.2) is 0 Å². The standard InChI is InChI=1S/C9H16N2O2/c12-9(8-2-1-3-10-8)11-4-6-13-7-5-11/h8,10H,1-7H2/t8-/m0/s1/i1D/t1-,8-. The van der Waals surface area contributed by atoms with Crippen molar-refractivity contribution >= 4 is 5.91 Å². The highest BCUT2D eigenvalue weighted by Crippen LogP contribution is 2.09. The zero-order chi connectivity index (χ0) is 9.97. The third kappa shape index (κ3) is 2.00. The van der Waals surface area contributed by atoms with Gasteiger partial charge in [0.15, 0.2) is 0 Å². The van der Waals surface area contributed by atoms with E-state index in [1.807, 2.05) is 4.90 Å². The predicted molar refractivity (Wildman–Crippen MR) is 48.4 cm³/mol. The Morgan fingerprint density at radius 3 is 2.92 bits per heavy atom. The van der Waals surface area contributed by atoms with Crippen LogP contribution in [0, 0.1) is 0 Å². The minimum Gasteiger partial charge on any atom is -0.378 e. The van der Waals surface area contributed by atoms with Crippen molar-refractivity contribution in [1.82, 2.24) is 10.2 Å². The quantitative estimate of drug-likeness (QED) is 0.604. The minimum atomic E-state index is -0.129. The van der Waals surface area contributed by atoms with Gasteiger partial charge >= 0.3 is 0 Å². The normalized spacial score (nSPS) is 36.0. The summed E-state index contributed by atoms with van der Waals surface area (Å²) in [5.41, 5.74) is 0. The van der Waals surface area contributed by atoms with E-state index in [1.54, 1.807) is 0 Å². The first-order valence-electron chi connectivity index (χ1n) is 5.37. The molecule has 74 valence electrons. The number of carbonyl (C=O) groups is 1. The van der Waals surface area contributed by atoms with Gasteiger partial charge in [-0.25, -0.2) is 0 Å². The first kappa shape index (κ1) is 7.76. The summed E-state index contributed by atoms with van der Waals surface area (Å²) in [4.78, 5) is 13.7. The highest BCUT2D eigenvalue weighted by molar-refractivity contribution is 5.82. The molecule has 13 heavy (non-hydrogen) atoms. The number of rotatable bonds is 1. The average Bonchev–Trinajstić information content (AvgIpc) is 2.65. The molecule has 0 aromatic heterocycles. The molecule has 2 saturated heterocycles. The third-order valence-corrected chi connectivity index (χ3v) is 2.53. The van der Waals surface area contributed by atoms with Gasteiger partial charge in [0.1, 0.15) is 0 Å². The Kier molecular flexibility index (Phi) is 2.43. The lowest BCUT2D eigenvalue weighted by atomic mass is 10.2. The summed E-state index contributed by atoms with van der Waals surface area (Å²) in [6, 6.07) is -0.129. The molecule has 2 rings (SSSR count). The maximum absolute atomic E-state index is 11.9. The molecule has 0 unspecified atom stereocenters. The lowest BCUT2D eigenvalue weighted by Crippen LogP contribution is -2.48. The van der Waals surface area contributed by atoms with E-state index in [9.17, 15) is 4.79 Å². The van der Waals surface area contributed by atoms with E-state index in [0.29, 0.717) is 39.3 Å². The van der Waals surface area contributed by atoms with Gasteiger partial charge < -0.3 is 15.0 Å². The Morgan fingerprint density at radius 1 is 1.54 bits per heavy atom. The van der Waals surface area contributed by atoms with Crippen molar-refractivity contribution in [1.29, 1.82) is 0 Å².